The van der Waals surface area contributed by atoms with Crippen molar-refractivity contribution in [3.63, 3.8) is 0 Å². The van der Waals surface area contributed by atoms with Gasteiger partial charge in [-0.1, -0.05) is 60.7 Å². The summed E-state index contributed by atoms with van der Waals surface area (Å²) in [6, 6.07) is 19.5. The number of hydrogen-bond acceptors (Lipinski definition) is 5. The highest BCUT2D eigenvalue weighted by atomic mass is 16.5. The molecule has 0 atom stereocenters. The normalized spacial score (nSPS) is 12.9. The minimum Gasteiger partial charge on any atom is -0.456 e. The molecule has 0 unspecified atom stereocenters. The van der Waals surface area contributed by atoms with Crippen LogP contribution in [0.3, 0.4) is 0 Å². The molecule has 7 heteroatoms. The summed E-state index contributed by atoms with van der Waals surface area (Å²) >= 11 is 0. The Labute approximate surface area is 175 Å². The first-order valence-electron chi connectivity index (χ1n) is 10.0. The number of nitrogens with zero attached hydrogens (tertiary/aromatic N) is 2. The van der Waals surface area contributed by atoms with Crippen LogP contribution in [0.15, 0.2) is 65.8 Å². The van der Waals surface area contributed by atoms with Crippen LogP contribution in [-0.2, 0) is 25.5 Å². The Morgan fingerprint density at radius 3 is 2.40 bits per heavy atom. The number of benzene rings is 2. The van der Waals surface area contributed by atoms with Crippen molar-refractivity contribution < 1.29 is 19.1 Å². The summed E-state index contributed by atoms with van der Waals surface area (Å²) in [6.07, 6.45) is 1.31. The van der Waals surface area contributed by atoms with Crippen LogP contribution in [0.5, 0.6) is 0 Å². The van der Waals surface area contributed by atoms with Crippen LogP contribution in [0.25, 0.3) is 0 Å². The molecule has 156 valence electrons. The van der Waals surface area contributed by atoms with Gasteiger partial charge in [0.1, 0.15) is 0 Å². The van der Waals surface area contributed by atoms with Crippen molar-refractivity contribution in [3.8, 4) is 0 Å². The van der Waals surface area contributed by atoms with E-state index in [9.17, 15) is 14.4 Å². The molecule has 7 nitrogen and oxygen atoms in total. The quantitative estimate of drug-likeness (QED) is 0.646. The summed E-state index contributed by atoms with van der Waals surface area (Å²) in [5.74, 6) is -1.17. The summed E-state index contributed by atoms with van der Waals surface area (Å²) < 4.78 is 4.95. The van der Waals surface area contributed by atoms with Crippen LogP contribution >= 0.6 is 0 Å². The highest BCUT2D eigenvalue weighted by Gasteiger charge is 2.22. The van der Waals surface area contributed by atoms with Crippen molar-refractivity contribution in [2.45, 2.75) is 25.7 Å². The Balaban J connectivity index is 1.32. The summed E-state index contributed by atoms with van der Waals surface area (Å²) in [7, 11) is 0. The van der Waals surface area contributed by atoms with Gasteiger partial charge in [-0.05, 0) is 17.5 Å². The SMILES string of the molecule is O=C(COC(=O)CCC(=O)N1CCC(c2ccccc2)=N1)NCCc1ccccc1. The molecule has 0 aromatic heterocycles. The molecule has 2 aromatic rings. The third kappa shape index (κ3) is 6.55. The van der Waals surface area contributed by atoms with Crippen LogP contribution in [-0.4, -0.2) is 48.2 Å². The van der Waals surface area contributed by atoms with Crippen molar-refractivity contribution >= 4 is 23.5 Å². The number of rotatable bonds is 9. The molecule has 0 saturated heterocycles. The third-order valence-electron chi connectivity index (χ3n) is 4.68. The molecule has 2 amide bonds. The van der Waals surface area contributed by atoms with Crippen LogP contribution in [0.1, 0.15) is 30.4 Å². The Kier molecular flexibility index (Phi) is 7.71. The Hall–Kier alpha value is -3.48. The lowest BCUT2D eigenvalue weighted by atomic mass is 10.1. The molecular formula is C23H25N3O4. The third-order valence-corrected chi connectivity index (χ3v) is 4.68. The maximum Gasteiger partial charge on any atom is 0.306 e. The van der Waals surface area contributed by atoms with E-state index in [-0.39, 0.29) is 31.3 Å². The van der Waals surface area contributed by atoms with Crippen molar-refractivity contribution in [2.24, 2.45) is 5.10 Å². The van der Waals surface area contributed by atoms with E-state index in [0.29, 0.717) is 25.9 Å². The lowest BCUT2D eigenvalue weighted by molar-refractivity contribution is -0.149. The standard InChI is InChI=1S/C23H25N3O4/c27-21(24-15-13-18-7-3-1-4-8-18)17-30-23(29)12-11-22(28)26-16-14-20(25-26)19-9-5-2-6-10-19/h1-10H,11-17H2,(H,24,27). The molecule has 30 heavy (non-hydrogen) atoms. The van der Waals surface area contributed by atoms with Gasteiger partial charge in [-0.25, -0.2) is 5.01 Å². The summed E-state index contributed by atoms with van der Waals surface area (Å²) in [6.45, 7) is 0.624. The minimum absolute atomic E-state index is 0.0000290. The number of carbonyl (C=O) groups excluding carboxylic acids is 3. The van der Waals surface area contributed by atoms with Gasteiger partial charge in [0.05, 0.1) is 18.7 Å². The molecule has 1 heterocycles. The van der Waals surface area contributed by atoms with E-state index >= 15 is 0 Å². The van der Waals surface area contributed by atoms with Crippen molar-refractivity contribution in [1.29, 1.82) is 0 Å². The molecule has 1 aliphatic heterocycles. The number of nitrogens with one attached hydrogen (secondary N) is 1. The molecule has 0 saturated carbocycles. The monoisotopic (exact) mass is 407 g/mol. The van der Waals surface area contributed by atoms with Gasteiger partial charge >= 0.3 is 5.97 Å². The lowest BCUT2D eigenvalue weighted by Crippen LogP contribution is -2.30. The smallest absolute Gasteiger partial charge is 0.306 e. The number of esters is 1. The van der Waals surface area contributed by atoms with Crippen LogP contribution in [0.4, 0.5) is 0 Å². The fourth-order valence-electron chi connectivity index (χ4n) is 3.07. The number of ether oxygens (including phenoxy) is 1. The van der Waals surface area contributed by atoms with E-state index in [4.69, 9.17) is 4.74 Å². The van der Waals surface area contributed by atoms with E-state index in [1.807, 2.05) is 60.7 Å². The molecule has 0 radical (unpaired) electrons. The summed E-state index contributed by atoms with van der Waals surface area (Å²) in [5, 5.41) is 8.46. The zero-order valence-electron chi connectivity index (χ0n) is 16.8. The van der Waals surface area contributed by atoms with Crippen LogP contribution in [0.2, 0.25) is 0 Å². The number of hydrazone groups is 1. The van der Waals surface area contributed by atoms with E-state index in [0.717, 1.165) is 16.8 Å². The van der Waals surface area contributed by atoms with E-state index in [2.05, 4.69) is 10.4 Å². The zero-order valence-corrected chi connectivity index (χ0v) is 16.8. The molecule has 3 rings (SSSR count). The van der Waals surface area contributed by atoms with Gasteiger partial charge in [-0.15, -0.1) is 0 Å². The second-order valence-corrected chi connectivity index (χ2v) is 6.93. The van der Waals surface area contributed by atoms with Crippen molar-refractivity contribution in [2.75, 3.05) is 19.7 Å². The van der Waals surface area contributed by atoms with Gasteiger partial charge in [0.15, 0.2) is 6.61 Å². The average Bonchev–Trinajstić information content (AvgIpc) is 3.28. The Morgan fingerprint density at radius 2 is 1.67 bits per heavy atom. The molecule has 1 N–H and O–H groups in total. The fraction of sp³-hybridized carbons (Fsp3) is 0.304. The van der Waals surface area contributed by atoms with Crippen LogP contribution in [0, 0.1) is 0 Å². The van der Waals surface area contributed by atoms with E-state index in [1.165, 1.54) is 5.01 Å². The van der Waals surface area contributed by atoms with Gasteiger partial charge in [-0.3, -0.25) is 14.4 Å². The van der Waals surface area contributed by atoms with Gasteiger partial charge in [0.25, 0.3) is 5.91 Å². The largest absolute Gasteiger partial charge is 0.456 e. The molecule has 2 aromatic carbocycles. The zero-order chi connectivity index (χ0) is 21.2. The molecule has 0 fully saturated rings. The van der Waals surface area contributed by atoms with Gasteiger partial charge in [-0.2, -0.15) is 5.10 Å². The molecular weight excluding hydrogens is 382 g/mol. The number of amides is 2. The first-order chi connectivity index (χ1) is 14.6. The highest BCUT2D eigenvalue weighted by Crippen LogP contribution is 2.15. The summed E-state index contributed by atoms with van der Waals surface area (Å²) in [5.41, 5.74) is 2.97. The minimum atomic E-state index is -0.576. The van der Waals surface area contributed by atoms with Gasteiger partial charge < -0.3 is 10.1 Å². The Bertz CT molecular complexity index is 897. The predicted octanol–water partition coefficient (Wildman–Crippen LogP) is 2.31. The van der Waals surface area contributed by atoms with Crippen molar-refractivity contribution in [3.05, 3.63) is 71.8 Å². The highest BCUT2D eigenvalue weighted by molar-refractivity contribution is 6.02. The summed E-state index contributed by atoms with van der Waals surface area (Å²) in [4.78, 5) is 35.9. The van der Waals surface area contributed by atoms with Gasteiger partial charge in [0, 0.05) is 19.4 Å². The van der Waals surface area contributed by atoms with Gasteiger partial charge in [0.2, 0.25) is 5.91 Å². The maximum atomic E-state index is 12.3. The topological polar surface area (TPSA) is 88.1 Å². The van der Waals surface area contributed by atoms with Crippen LogP contribution < -0.4 is 5.32 Å². The lowest BCUT2D eigenvalue weighted by Gasteiger charge is -2.11. The second kappa shape index (κ2) is 10.9. The predicted molar refractivity (Wildman–Crippen MR) is 113 cm³/mol. The average molecular weight is 407 g/mol. The Morgan fingerprint density at radius 1 is 0.967 bits per heavy atom. The van der Waals surface area contributed by atoms with Crippen molar-refractivity contribution in [1.82, 2.24) is 10.3 Å². The molecule has 0 bridgehead atoms. The first kappa shape index (κ1) is 21.2. The molecule has 0 aliphatic carbocycles. The van der Waals surface area contributed by atoms with E-state index < -0.39 is 5.97 Å². The fourth-order valence-corrected chi connectivity index (χ4v) is 3.07. The molecule has 0 spiro atoms. The number of carbonyl (C=O) groups is 3. The number of hydrogen-bond donors (Lipinski definition) is 1. The molecule has 1 aliphatic rings. The second-order valence-electron chi connectivity index (χ2n) is 6.93. The van der Waals surface area contributed by atoms with E-state index in [1.54, 1.807) is 0 Å². The first-order valence-corrected chi connectivity index (χ1v) is 10.0. The maximum absolute atomic E-state index is 12.3.